The highest BCUT2D eigenvalue weighted by molar-refractivity contribution is 14.0. The molecule has 1 saturated heterocycles. The van der Waals surface area contributed by atoms with Crippen LogP contribution in [0.15, 0.2) is 4.99 Å². The van der Waals surface area contributed by atoms with Crippen LogP contribution in [0.5, 0.6) is 0 Å². The number of likely N-dealkylation sites (tertiary alicyclic amines) is 1. The van der Waals surface area contributed by atoms with Gasteiger partial charge >= 0.3 is 0 Å². The molecule has 0 radical (unpaired) electrons. The van der Waals surface area contributed by atoms with Gasteiger partial charge in [-0.2, -0.15) is 0 Å². The molecule has 1 aliphatic rings. The number of aliphatic imine (C=N–C) groups is 1. The maximum absolute atomic E-state index is 11.7. The first-order valence-corrected chi connectivity index (χ1v) is 7.79. The first-order chi connectivity index (χ1) is 9.91. The van der Waals surface area contributed by atoms with Gasteiger partial charge in [-0.25, -0.2) is 0 Å². The fraction of sp³-hybridized carbons (Fsp3) is 0.867. The fourth-order valence-electron chi connectivity index (χ4n) is 2.18. The van der Waals surface area contributed by atoms with Gasteiger partial charge in [0.05, 0.1) is 12.1 Å². The van der Waals surface area contributed by atoms with Crippen LogP contribution in [0.2, 0.25) is 0 Å². The van der Waals surface area contributed by atoms with Crippen molar-refractivity contribution in [2.75, 3.05) is 33.3 Å². The number of methoxy groups -OCH3 is 1. The Bertz CT molecular complexity index is 375. The zero-order valence-electron chi connectivity index (χ0n) is 14.4. The molecule has 130 valence electrons. The number of hydrogen-bond acceptors (Lipinski definition) is 3. The lowest BCUT2D eigenvalue weighted by atomic mass is 10.1. The van der Waals surface area contributed by atoms with Crippen molar-refractivity contribution in [2.45, 2.75) is 52.2 Å². The predicted molar refractivity (Wildman–Crippen MR) is 101 cm³/mol. The highest BCUT2D eigenvalue weighted by Crippen LogP contribution is 2.11. The van der Waals surface area contributed by atoms with Gasteiger partial charge in [-0.3, -0.25) is 9.79 Å². The lowest BCUT2D eigenvalue weighted by Gasteiger charge is -2.22. The topological polar surface area (TPSA) is 66.0 Å². The van der Waals surface area contributed by atoms with Crippen molar-refractivity contribution in [3.05, 3.63) is 0 Å². The molecule has 0 aromatic carbocycles. The zero-order valence-corrected chi connectivity index (χ0v) is 16.8. The van der Waals surface area contributed by atoms with Crippen molar-refractivity contribution in [1.29, 1.82) is 0 Å². The molecular weight excluding hydrogens is 395 g/mol. The Morgan fingerprint density at radius 3 is 2.64 bits per heavy atom. The quantitative estimate of drug-likeness (QED) is 0.385. The number of nitrogens with one attached hydrogen (secondary N) is 2. The molecule has 0 aliphatic carbocycles. The average Bonchev–Trinajstić information content (AvgIpc) is 2.93. The molecule has 1 rings (SSSR count). The Hall–Kier alpha value is -0.570. The molecule has 1 heterocycles. The van der Waals surface area contributed by atoms with Crippen LogP contribution < -0.4 is 10.6 Å². The smallest absolute Gasteiger partial charge is 0.222 e. The summed E-state index contributed by atoms with van der Waals surface area (Å²) in [7, 11) is 1.70. The molecule has 1 atom stereocenters. The monoisotopic (exact) mass is 426 g/mol. The van der Waals surface area contributed by atoms with Crippen molar-refractivity contribution < 1.29 is 9.53 Å². The van der Waals surface area contributed by atoms with Crippen LogP contribution in [0.4, 0.5) is 0 Å². The van der Waals surface area contributed by atoms with Crippen molar-refractivity contribution in [2.24, 2.45) is 4.99 Å². The molecule has 1 fully saturated rings. The molecule has 0 aromatic rings. The summed E-state index contributed by atoms with van der Waals surface area (Å²) in [6.45, 7) is 10.9. The maximum atomic E-state index is 11.7. The number of guanidine groups is 1. The molecular formula is C15H31IN4O2. The summed E-state index contributed by atoms with van der Waals surface area (Å²) in [5.74, 6) is 1.01. The van der Waals surface area contributed by atoms with Crippen LogP contribution in [0.3, 0.4) is 0 Å². The third-order valence-electron chi connectivity index (χ3n) is 3.70. The minimum Gasteiger partial charge on any atom is -0.377 e. The third-order valence-corrected chi connectivity index (χ3v) is 3.70. The van der Waals surface area contributed by atoms with Crippen LogP contribution in [-0.2, 0) is 9.53 Å². The zero-order chi connectivity index (χ0) is 15.9. The molecule has 1 unspecified atom stereocenters. The molecule has 22 heavy (non-hydrogen) atoms. The Kier molecular flexibility index (Phi) is 9.99. The number of nitrogens with zero attached hydrogens (tertiary/aromatic N) is 2. The Morgan fingerprint density at radius 2 is 2.09 bits per heavy atom. The predicted octanol–water partition coefficient (Wildman–Crippen LogP) is 1.60. The molecule has 0 aromatic heterocycles. The van der Waals surface area contributed by atoms with Crippen molar-refractivity contribution >= 4 is 35.8 Å². The van der Waals surface area contributed by atoms with Crippen LogP contribution in [0.1, 0.15) is 40.5 Å². The Labute approximate surface area is 151 Å². The van der Waals surface area contributed by atoms with Gasteiger partial charge in [0.1, 0.15) is 0 Å². The Morgan fingerprint density at radius 1 is 1.41 bits per heavy atom. The van der Waals surface area contributed by atoms with Gasteiger partial charge in [0.25, 0.3) is 0 Å². The number of halogens is 1. The first-order valence-electron chi connectivity index (χ1n) is 7.79. The highest BCUT2D eigenvalue weighted by atomic mass is 127. The van der Waals surface area contributed by atoms with E-state index in [9.17, 15) is 4.79 Å². The largest absolute Gasteiger partial charge is 0.377 e. The van der Waals surface area contributed by atoms with Gasteiger partial charge in [-0.15, -0.1) is 24.0 Å². The number of ether oxygens (including phenoxy) is 1. The molecule has 0 bridgehead atoms. The van der Waals surface area contributed by atoms with E-state index < -0.39 is 0 Å². The second kappa shape index (κ2) is 10.3. The molecule has 6 nitrogen and oxygen atoms in total. The van der Waals surface area contributed by atoms with Crippen LogP contribution in [0.25, 0.3) is 0 Å². The van der Waals surface area contributed by atoms with Gasteiger partial charge in [-0.05, 0) is 27.2 Å². The number of rotatable bonds is 6. The Balaban J connectivity index is 0.00000441. The van der Waals surface area contributed by atoms with E-state index in [1.54, 1.807) is 7.11 Å². The van der Waals surface area contributed by atoms with E-state index in [1.165, 1.54) is 0 Å². The van der Waals surface area contributed by atoms with Crippen LogP contribution in [0, 0.1) is 0 Å². The van der Waals surface area contributed by atoms with Crippen molar-refractivity contribution in [1.82, 2.24) is 15.5 Å². The first kappa shape index (κ1) is 21.4. The van der Waals surface area contributed by atoms with E-state index in [1.807, 2.05) is 32.6 Å². The van der Waals surface area contributed by atoms with Gasteiger partial charge in [0.2, 0.25) is 5.91 Å². The summed E-state index contributed by atoms with van der Waals surface area (Å²) in [5.41, 5.74) is -0.276. The molecule has 2 N–H and O–H groups in total. The lowest BCUT2D eigenvalue weighted by Crippen LogP contribution is -2.45. The van der Waals surface area contributed by atoms with E-state index >= 15 is 0 Å². The SMILES string of the molecule is CCNC(=NCC(C)(C)OC)NC1CCN(C(=O)CC)C1.I. The fourth-order valence-corrected chi connectivity index (χ4v) is 2.18. The van der Waals surface area contributed by atoms with Gasteiger partial charge in [0, 0.05) is 39.2 Å². The summed E-state index contributed by atoms with van der Waals surface area (Å²) in [5, 5.41) is 6.66. The number of amides is 1. The van der Waals surface area contributed by atoms with E-state index in [0.29, 0.717) is 13.0 Å². The maximum Gasteiger partial charge on any atom is 0.222 e. The van der Waals surface area contributed by atoms with Crippen LogP contribution in [-0.4, -0.2) is 61.7 Å². The summed E-state index contributed by atoms with van der Waals surface area (Å²) in [6.07, 6.45) is 1.53. The molecule has 1 aliphatic heterocycles. The summed E-state index contributed by atoms with van der Waals surface area (Å²) >= 11 is 0. The van der Waals surface area contributed by atoms with Crippen molar-refractivity contribution in [3.8, 4) is 0 Å². The standard InChI is InChI=1S/C15H30N4O2.HI/c1-6-13(20)19-9-8-12(10-19)18-14(16-7-2)17-11-15(3,4)21-5;/h12H,6-11H2,1-5H3,(H2,16,17,18);1H. The molecule has 1 amide bonds. The van der Waals surface area contributed by atoms with Crippen LogP contribution >= 0.6 is 24.0 Å². The average molecular weight is 426 g/mol. The van der Waals surface area contributed by atoms with Gasteiger partial charge < -0.3 is 20.3 Å². The third kappa shape index (κ3) is 7.13. The highest BCUT2D eigenvalue weighted by Gasteiger charge is 2.26. The minimum atomic E-state index is -0.276. The summed E-state index contributed by atoms with van der Waals surface area (Å²) in [6, 6.07) is 0.268. The summed E-state index contributed by atoms with van der Waals surface area (Å²) < 4.78 is 5.38. The van der Waals surface area contributed by atoms with E-state index in [2.05, 4.69) is 15.6 Å². The van der Waals surface area contributed by atoms with E-state index in [4.69, 9.17) is 4.74 Å². The second-order valence-electron chi connectivity index (χ2n) is 5.98. The number of hydrogen-bond donors (Lipinski definition) is 2. The summed E-state index contributed by atoms with van der Waals surface area (Å²) in [4.78, 5) is 18.2. The number of carbonyl (C=O) groups is 1. The molecule has 7 heteroatoms. The van der Waals surface area contributed by atoms with Gasteiger partial charge in [-0.1, -0.05) is 6.92 Å². The number of carbonyl (C=O) groups excluding carboxylic acids is 1. The van der Waals surface area contributed by atoms with E-state index in [0.717, 1.165) is 32.0 Å². The van der Waals surface area contributed by atoms with Crippen molar-refractivity contribution in [3.63, 3.8) is 0 Å². The lowest BCUT2D eigenvalue weighted by molar-refractivity contribution is -0.129. The van der Waals surface area contributed by atoms with E-state index in [-0.39, 0.29) is 41.5 Å². The second-order valence-corrected chi connectivity index (χ2v) is 5.98. The minimum absolute atomic E-state index is 0. The molecule has 0 spiro atoms. The molecule has 0 saturated carbocycles. The van der Waals surface area contributed by atoms with Gasteiger partial charge in [0.15, 0.2) is 5.96 Å². The normalized spacial score (nSPS) is 18.9.